The number of nitrogens with zero attached hydrogens (tertiary/aromatic N) is 3. The number of likely N-dealkylation sites (N-methyl/N-ethyl adjacent to an activating group) is 2. The van der Waals surface area contributed by atoms with Crippen molar-refractivity contribution in [3.8, 4) is 0 Å². The van der Waals surface area contributed by atoms with Gasteiger partial charge in [-0.2, -0.15) is 0 Å². The number of halogens is 1. The van der Waals surface area contributed by atoms with E-state index in [9.17, 15) is 14.4 Å². The highest BCUT2D eigenvalue weighted by molar-refractivity contribution is 8.93. The van der Waals surface area contributed by atoms with Gasteiger partial charge in [0.1, 0.15) is 0 Å². The fourth-order valence-corrected chi connectivity index (χ4v) is 4.91. The fraction of sp³-hybridized carbons (Fsp3) is 0.258. The van der Waals surface area contributed by atoms with Crippen LogP contribution in [0, 0.1) is 0 Å². The second kappa shape index (κ2) is 13.1. The number of rotatable bonds is 7. The Bertz CT molecular complexity index is 1450. The van der Waals surface area contributed by atoms with Crippen molar-refractivity contribution in [2.45, 2.75) is 0 Å². The van der Waals surface area contributed by atoms with Gasteiger partial charge in [-0.1, -0.05) is 36.4 Å². The average molecular weight is 621 g/mol. The lowest BCUT2D eigenvalue weighted by atomic mass is 9.99. The van der Waals surface area contributed by atoms with Gasteiger partial charge in [0, 0.05) is 50.2 Å². The van der Waals surface area contributed by atoms with Crippen LogP contribution in [0.3, 0.4) is 0 Å². The van der Waals surface area contributed by atoms with Crippen LogP contribution in [-0.2, 0) is 14.3 Å². The highest BCUT2D eigenvalue weighted by Crippen LogP contribution is 2.38. The average Bonchev–Trinajstić information content (AvgIpc) is 3.31. The van der Waals surface area contributed by atoms with Crippen molar-refractivity contribution in [2.75, 3.05) is 69.5 Å². The highest BCUT2D eigenvalue weighted by atomic mass is 79.9. The number of methoxy groups -OCH3 is 1. The van der Waals surface area contributed by atoms with E-state index in [1.54, 1.807) is 30.1 Å². The number of fused-ring (bicyclic) bond motifs is 1. The molecule has 2 aliphatic heterocycles. The summed E-state index contributed by atoms with van der Waals surface area (Å²) in [5.41, 5.74) is 5.10. The predicted molar refractivity (Wildman–Crippen MR) is 167 cm³/mol. The summed E-state index contributed by atoms with van der Waals surface area (Å²) in [6.45, 7) is 4.09. The standard InChI is InChI=1S/C31H33N5O4.BrH/c1-34-15-17-36(18-16-34)20-27(37)35(2)24-12-10-23(11-13-24)32-29(21-7-5-4-6-8-21)28-25-14-9-22(31(39)40-3)19-26(25)33-30(28)38;/h4-14,19,32H,15-18,20H2,1-3H3,(H,33,38);1H/b29-28-;. The van der Waals surface area contributed by atoms with Crippen LogP contribution in [-0.4, -0.2) is 81.5 Å². The third-order valence-corrected chi connectivity index (χ3v) is 7.35. The van der Waals surface area contributed by atoms with Gasteiger partial charge in [0.2, 0.25) is 5.91 Å². The number of carbonyl (C=O) groups excluding carboxylic acids is 3. The zero-order valence-electron chi connectivity index (χ0n) is 23.3. The first-order chi connectivity index (χ1) is 19.3. The molecule has 0 saturated carbocycles. The lowest BCUT2D eigenvalue weighted by molar-refractivity contribution is -0.119. The van der Waals surface area contributed by atoms with Crippen molar-refractivity contribution in [2.24, 2.45) is 0 Å². The van der Waals surface area contributed by atoms with Crippen molar-refractivity contribution in [3.63, 3.8) is 0 Å². The second-order valence-corrected chi connectivity index (χ2v) is 10.0. The third kappa shape index (κ3) is 6.67. The van der Waals surface area contributed by atoms with Crippen LogP contribution in [0.5, 0.6) is 0 Å². The van der Waals surface area contributed by atoms with Gasteiger partial charge in [0.25, 0.3) is 5.91 Å². The van der Waals surface area contributed by atoms with Crippen LogP contribution in [0.1, 0.15) is 21.5 Å². The van der Waals surface area contributed by atoms with Crippen LogP contribution in [0.4, 0.5) is 17.1 Å². The van der Waals surface area contributed by atoms with E-state index in [0.717, 1.165) is 43.1 Å². The van der Waals surface area contributed by atoms with Crippen molar-refractivity contribution < 1.29 is 19.1 Å². The first kappa shape index (κ1) is 30.0. The zero-order chi connectivity index (χ0) is 28.2. The molecule has 5 rings (SSSR count). The van der Waals surface area contributed by atoms with Gasteiger partial charge in [0.15, 0.2) is 0 Å². The van der Waals surface area contributed by atoms with Crippen LogP contribution >= 0.6 is 17.0 Å². The number of hydrogen-bond donors (Lipinski definition) is 2. The number of carbonyl (C=O) groups is 3. The van der Waals surface area contributed by atoms with E-state index < -0.39 is 5.97 Å². The van der Waals surface area contributed by atoms with Gasteiger partial charge in [-0.3, -0.25) is 14.5 Å². The van der Waals surface area contributed by atoms with Crippen molar-refractivity contribution in [1.82, 2.24) is 9.80 Å². The molecule has 2 heterocycles. The monoisotopic (exact) mass is 619 g/mol. The molecule has 2 N–H and O–H groups in total. The zero-order valence-corrected chi connectivity index (χ0v) is 25.1. The topological polar surface area (TPSA) is 94.2 Å². The normalized spacial score (nSPS) is 16.2. The molecule has 214 valence electrons. The molecule has 0 bridgehead atoms. The Morgan fingerprint density at radius 2 is 1.63 bits per heavy atom. The minimum absolute atomic E-state index is 0. The molecule has 1 fully saturated rings. The maximum atomic E-state index is 13.2. The summed E-state index contributed by atoms with van der Waals surface area (Å²) >= 11 is 0. The number of nitrogens with one attached hydrogen (secondary N) is 2. The summed E-state index contributed by atoms with van der Waals surface area (Å²) in [7, 11) is 5.21. The summed E-state index contributed by atoms with van der Waals surface area (Å²) in [6.07, 6.45) is 0. The van der Waals surface area contributed by atoms with Crippen LogP contribution < -0.4 is 15.5 Å². The molecule has 1 saturated heterocycles. The molecule has 0 aromatic heterocycles. The van der Waals surface area contributed by atoms with E-state index in [4.69, 9.17) is 4.74 Å². The van der Waals surface area contributed by atoms with E-state index in [1.807, 2.05) is 54.6 Å². The minimum Gasteiger partial charge on any atom is -0.465 e. The first-order valence-electron chi connectivity index (χ1n) is 13.2. The summed E-state index contributed by atoms with van der Waals surface area (Å²) < 4.78 is 4.82. The Morgan fingerprint density at radius 3 is 2.29 bits per heavy atom. The van der Waals surface area contributed by atoms with E-state index in [2.05, 4.69) is 27.5 Å². The molecule has 9 nitrogen and oxygen atoms in total. The lowest BCUT2D eigenvalue weighted by Crippen LogP contribution is -2.48. The number of benzene rings is 3. The molecule has 0 radical (unpaired) electrons. The van der Waals surface area contributed by atoms with E-state index in [-0.39, 0.29) is 28.8 Å². The Labute approximate surface area is 250 Å². The quantitative estimate of drug-likeness (QED) is 0.302. The number of anilines is 3. The smallest absolute Gasteiger partial charge is 0.337 e. The molecule has 0 atom stereocenters. The maximum absolute atomic E-state index is 13.2. The van der Waals surface area contributed by atoms with Crippen LogP contribution in [0.15, 0.2) is 72.8 Å². The molecule has 0 spiro atoms. The molecule has 2 amide bonds. The third-order valence-electron chi connectivity index (χ3n) is 7.35. The van der Waals surface area contributed by atoms with Crippen molar-refractivity contribution in [3.05, 3.63) is 89.5 Å². The molecular weight excluding hydrogens is 586 g/mol. The Balaban J connectivity index is 0.00000387. The summed E-state index contributed by atoms with van der Waals surface area (Å²) in [5, 5.41) is 6.31. The Hall–Kier alpha value is -3.99. The highest BCUT2D eigenvalue weighted by Gasteiger charge is 2.29. The van der Waals surface area contributed by atoms with Gasteiger partial charge in [-0.25, -0.2) is 4.79 Å². The second-order valence-electron chi connectivity index (χ2n) is 10.0. The minimum atomic E-state index is -0.469. The van der Waals surface area contributed by atoms with Crippen molar-refractivity contribution in [1.29, 1.82) is 0 Å². The molecule has 10 heteroatoms. The number of piperazine rings is 1. The summed E-state index contributed by atoms with van der Waals surface area (Å²) in [5.74, 6) is -0.694. The fourth-order valence-electron chi connectivity index (χ4n) is 4.91. The number of amides is 2. The molecule has 41 heavy (non-hydrogen) atoms. The van der Waals surface area contributed by atoms with Crippen LogP contribution in [0.2, 0.25) is 0 Å². The van der Waals surface area contributed by atoms with Crippen LogP contribution in [0.25, 0.3) is 11.3 Å². The molecule has 3 aromatic carbocycles. The largest absolute Gasteiger partial charge is 0.465 e. The number of esters is 1. The molecule has 2 aliphatic rings. The van der Waals surface area contributed by atoms with Crippen molar-refractivity contribution >= 4 is 63.1 Å². The van der Waals surface area contributed by atoms with Gasteiger partial charge in [-0.15, -0.1) is 17.0 Å². The van der Waals surface area contributed by atoms with E-state index >= 15 is 0 Å². The number of ether oxygens (including phenoxy) is 1. The van der Waals surface area contributed by atoms with Gasteiger partial charge in [0.05, 0.1) is 36.2 Å². The summed E-state index contributed by atoms with van der Waals surface area (Å²) in [4.78, 5) is 44.3. The molecule has 3 aromatic rings. The van der Waals surface area contributed by atoms with Gasteiger partial charge in [-0.05, 0) is 49.0 Å². The molecule has 0 unspecified atom stereocenters. The maximum Gasteiger partial charge on any atom is 0.337 e. The lowest BCUT2D eigenvalue weighted by Gasteiger charge is -2.32. The van der Waals surface area contributed by atoms with E-state index in [1.165, 1.54) is 7.11 Å². The Morgan fingerprint density at radius 1 is 0.951 bits per heavy atom. The Kier molecular flexibility index (Phi) is 9.59. The van der Waals surface area contributed by atoms with Gasteiger partial charge >= 0.3 is 5.97 Å². The molecule has 0 aliphatic carbocycles. The first-order valence-corrected chi connectivity index (χ1v) is 13.2. The SMILES string of the molecule is Br.COC(=O)c1ccc2c(c1)NC(=O)/C2=C(\Nc1ccc(N(C)C(=O)CN2CCN(C)CC2)cc1)c1ccccc1. The number of hydrogen-bond acceptors (Lipinski definition) is 7. The molecular formula is C31H34BrN5O4. The predicted octanol–water partition coefficient (Wildman–Crippen LogP) is 4.19. The summed E-state index contributed by atoms with van der Waals surface area (Å²) in [6, 6.07) is 22.2. The van der Waals surface area contributed by atoms with E-state index in [0.29, 0.717) is 34.6 Å². The van der Waals surface area contributed by atoms with Gasteiger partial charge < -0.3 is 25.2 Å².